The third kappa shape index (κ3) is 3.35. The number of halogens is 1. The van der Waals surface area contributed by atoms with Crippen LogP contribution < -0.4 is 9.47 Å². The van der Waals surface area contributed by atoms with Gasteiger partial charge in [-0.2, -0.15) is 0 Å². The first kappa shape index (κ1) is 18.5. The first-order valence-electron chi connectivity index (χ1n) is 9.69. The lowest BCUT2D eigenvalue weighted by Crippen LogP contribution is -2.32. The zero-order valence-electron chi connectivity index (χ0n) is 16.4. The Hall–Kier alpha value is -3.51. The summed E-state index contributed by atoms with van der Waals surface area (Å²) in [6, 6.07) is 11.8. The van der Waals surface area contributed by atoms with Crippen LogP contribution in [0.3, 0.4) is 0 Å². The molecule has 0 saturated heterocycles. The number of aromatic nitrogens is 1. The number of rotatable bonds is 3. The smallest absolute Gasteiger partial charge is 0.231 e. The van der Waals surface area contributed by atoms with Crippen molar-refractivity contribution in [3.63, 3.8) is 0 Å². The standard InChI is InChI=1S/C24H19FN2O3/c1-15-23-18(13-27(14-29-23)12-17-6-8-26-9-7-17)11-20-22(28)21(30-24(15)20)10-16-2-4-19(25)5-3-16/h2-11H,12-14H2,1H3/b21-10+. The van der Waals surface area contributed by atoms with Gasteiger partial charge in [0.1, 0.15) is 24.0 Å². The fraction of sp³-hybridized carbons (Fsp3) is 0.167. The number of Topliss-reactive ketones (excluding diaryl/α,β-unsaturated/α-hetero) is 1. The van der Waals surface area contributed by atoms with Crippen LogP contribution in [0.5, 0.6) is 11.5 Å². The van der Waals surface area contributed by atoms with Crippen molar-refractivity contribution in [1.29, 1.82) is 0 Å². The Morgan fingerprint density at radius 3 is 2.67 bits per heavy atom. The van der Waals surface area contributed by atoms with E-state index in [0.29, 0.717) is 30.2 Å². The van der Waals surface area contributed by atoms with Gasteiger partial charge in [0.2, 0.25) is 5.78 Å². The van der Waals surface area contributed by atoms with Gasteiger partial charge in [0, 0.05) is 36.6 Å². The molecule has 0 amide bonds. The third-order valence-corrected chi connectivity index (χ3v) is 5.33. The summed E-state index contributed by atoms with van der Waals surface area (Å²) < 4.78 is 25.1. The molecule has 30 heavy (non-hydrogen) atoms. The summed E-state index contributed by atoms with van der Waals surface area (Å²) in [5.41, 5.74) is 4.18. The minimum Gasteiger partial charge on any atom is -0.477 e. The topological polar surface area (TPSA) is 51.7 Å². The monoisotopic (exact) mass is 402 g/mol. The highest BCUT2D eigenvalue weighted by molar-refractivity contribution is 6.15. The number of benzene rings is 2. The van der Waals surface area contributed by atoms with E-state index in [0.717, 1.165) is 29.0 Å². The van der Waals surface area contributed by atoms with Gasteiger partial charge in [-0.25, -0.2) is 4.39 Å². The van der Waals surface area contributed by atoms with Crippen molar-refractivity contribution in [2.24, 2.45) is 0 Å². The number of nitrogens with zero attached hydrogens (tertiary/aromatic N) is 2. The minimum atomic E-state index is -0.323. The van der Waals surface area contributed by atoms with Gasteiger partial charge in [-0.05, 0) is 54.5 Å². The van der Waals surface area contributed by atoms with Crippen molar-refractivity contribution < 1.29 is 18.7 Å². The first-order chi connectivity index (χ1) is 14.6. The van der Waals surface area contributed by atoms with Crippen LogP contribution in [-0.2, 0) is 13.1 Å². The lowest BCUT2D eigenvalue weighted by atomic mass is 10.00. The Kier molecular flexibility index (Phi) is 4.56. The molecular weight excluding hydrogens is 383 g/mol. The molecule has 2 aromatic carbocycles. The molecule has 0 N–H and O–H groups in total. The highest BCUT2D eigenvalue weighted by Crippen LogP contribution is 2.43. The summed E-state index contributed by atoms with van der Waals surface area (Å²) in [5, 5.41) is 0. The molecule has 2 aliphatic heterocycles. The highest BCUT2D eigenvalue weighted by atomic mass is 19.1. The zero-order valence-corrected chi connectivity index (χ0v) is 16.4. The molecule has 0 aliphatic carbocycles. The molecular formula is C24H19FN2O3. The van der Waals surface area contributed by atoms with Gasteiger partial charge >= 0.3 is 0 Å². The van der Waals surface area contributed by atoms with Gasteiger partial charge in [-0.3, -0.25) is 14.7 Å². The molecule has 0 spiro atoms. The Morgan fingerprint density at radius 2 is 1.90 bits per heavy atom. The maximum atomic E-state index is 13.1. The van der Waals surface area contributed by atoms with E-state index in [2.05, 4.69) is 9.88 Å². The second-order valence-electron chi connectivity index (χ2n) is 7.47. The normalized spacial score (nSPS) is 16.7. The fourth-order valence-corrected chi connectivity index (χ4v) is 3.85. The largest absolute Gasteiger partial charge is 0.477 e. The molecule has 0 atom stereocenters. The van der Waals surface area contributed by atoms with Crippen LogP contribution in [0.1, 0.15) is 32.6 Å². The van der Waals surface area contributed by atoms with E-state index < -0.39 is 0 Å². The molecule has 1 aromatic heterocycles. The van der Waals surface area contributed by atoms with Crippen LogP contribution in [0.25, 0.3) is 6.08 Å². The van der Waals surface area contributed by atoms with Gasteiger partial charge in [-0.1, -0.05) is 12.1 Å². The third-order valence-electron chi connectivity index (χ3n) is 5.33. The van der Waals surface area contributed by atoms with Crippen molar-refractivity contribution in [3.05, 3.63) is 94.3 Å². The van der Waals surface area contributed by atoms with E-state index in [9.17, 15) is 9.18 Å². The molecule has 150 valence electrons. The molecule has 0 unspecified atom stereocenters. The van der Waals surface area contributed by atoms with Gasteiger partial charge in [0.25, 0.3) is 0 Å². The van der Waals surface area contributed by atoms with Gasteiger partial charge in [0.15, 0.2) is 5.76 Å². The molecule has 0 bridgehead atoms. The number of pyridine rings is 1. The van der Waals surface area contributed by atoms with Crippen LogP contribution >= 0.6 is 0 Å². The number of ether oxygens (including phenoxy) is 2. The fourth-order valence-electron chi connectivity index (χ4n) is 3.85. The Morgan fingerprint density at radius 1 is 1.13 bits per heavy atom. The summed E-state index contributed by atoms with van der Waals surface area (Å²) >= 11 is 0. The van der Waals surface area contributed by atoms with E-state index in [1.54, 1.807) is 30.6 Å². The molecule has 5 rings (SSSR count). The van der Waals surface area contributed by atoms with E-state index >= 15 is 0 Å². The van der Waals surface area contributed by atoms with E-state index in [1.807, 2.05) is 25.1 Å². The molecule has 6 heteroatoms. The lowest BCUT2D eigenvalue weighted by Gasteiger charge is -2.30. The molecule has 3 heterocycles. The predicted molar refractivity (Wildman–Crippen MR) is 109 cm³/mol. The molecule has 0 saturated carbocycles. The van der Waals surface area contributed by atoms with Crippen LogP contribution in [0.15, 0.2) is 60.6 Å². The number of hydrogen-bond donors (Lipinski definition) is 0. The Balaban J connectivity index is 1.43. The average Bonchev–Trinajstić information content (AvgIpc) is 3.06. The van der Waals surface area contributed by atoms with Gasteiger partial charge in [-0.15, -0.1) is 0 Å². The highest BCUT2D eigenvalue weighted by Gasteiger charge is 2.33. The number of fused-ring (bicyclic) bond motifs is 2. The van der Waals surface area contributed by atoms with Crippen molar-refractivity contribution >= 4 is 11.9 Å². The van der Waals surface area contributed by atoms with Crippen molar-refractivity contribution in [1.82, 2.24) is 9.88 Å². The lowest BCUT2D eigenvalue weighted by molar-refractivity contribution is 0.0876. The number of carbonyl (C=O) groups excluding carboxylic acids is 1. The van der Waals surface area contributed by atoms with Crippen LogP contribution in [-0.4, -0.2) is 22.4 Å². The number of carbonyl (C=O) groups is 1. The Bertz CT molecular complexity index is 1160. The number of allylic oxidation sites excluding steroid dienone is 1. The number of hydrogen-bond acceptors (Lipinski definition) is 5. The Labute approximate surface area is 173 Å². The maximum absolute atomic E-state index is 13.1. The van der Waals surface area contributed by atoms with E-state index in [-0.39, 0.29) is 17.4 Å². The minimum absolute atomic E-state index is 0.175. The SMILES string of the molecule is Cc1c2c(cc3c1O/C(=C/c1ccc(F)cc1)C3=O)CN(Cc1ccncc1)CO2. The van der Waals surface area contributed by atoms with Crippen LogP contribution in [0, 0.1) is 12.7 Å². The molecule has 0 radical (unpaired) electrons. The quantitative estimate of drug-likeness (QED) is 0.604. The van der Waals surface area contributed by atoms with Crippen LogP contribution in [0.4, 0.5) is 4.39 Å². The van der Waals surface area contributed by atoms with Crippen molar-refractivity contribution in [3.8, 4) is 11.5 Å². The first-order valence-corrected chi connectivity index (χ1v) is 9.69. The maximum Gasteiger partial charge on any atom is 0.231 e. The van der Waals surface area contributed by atoms with Crippen LogP contribution in [0.2, 0.25) is 0 Å². The van der Waals surface area contributed by atoms with Gasteiger partial charge in [0.05, 0.1) is 5.56 Å². The second kappa shape index (κ2) is 7.39. The average molecular weight is 402 g/mol. The predicted octanol–water partition coefficient (Wildman–Crippen LogP) is 4.50. The molecule has 5 nitrogen and oxygen atoms in total. The second-order valence-corrected chi connectivity index (χ2v) is 7.47. The molecule has 2 aliphatic rings. The summed E-state index contributed by atoms with van der Waals surface area (Å²) in [6.45, 7) is 3.78. The van der Waals surface area contributed by atoms with Gasteiger partial charge < -0.3 is 9.47 Å². The van der Waals surface area contributed by atoms with Crippen molar-refractivity contribution in [2.75, 3.05) is 6.73 Å². The summed E-state index contributed by atoms with van der Waals surface area (Å²) in [7, 11) is 0. The molecule has 3 aromatic rings. The van der Waals surface area contributed by atoms with E-state index in [1.165, 1.54) is 12.1 Å². The molecule has 0 fully saturated rings. The van der Waals surface area contributed by atoms with Crippen molar-refractivity contribution in [2.45, 2.75) is 20.0 Å². The summed E-state index contributed by atoms with van der Waals surface area (Å²) in [5.74, 6) is 1.04. The number of ketones is 1. The summed E-state index contributed by atoms with van der Waals surface area (Å²) in [4.78, 5) is 19.2. The summed E-state index contributed by atoms with van der Waals surface area (Å²) in [6.07, 6.45) is 5.18. The zero-order chi connectivity index (χ0) is 20.7. The van der Waals surface area contributed by atoms with E-state index in [4.69, 9.17) is 9.47 Å².